The highest BCUT2D eigenvalue weighted by atomic mass is 19.1. The number of hydrogen-bond acceptors (Lipinski definition) is 3. The molecule has 1 aliphatic rings. The number of rotatable bonds is 6. The highest BCUT2D eigenvalue weighted by molar-refractivity contribution is 5.92. The van der Waals surface area contributed by atoms with E-state index in [0.29, 0.717) is 18.3 Å². The first kappa shape index (κ1) is 21.2. The van der Waals surface area contributed by atoms with Crippen molar-refractivity contribution in [3.8, 4) is 22.7 Å². The third kappa shape index (κ3) is 4.60. The van der Waals surface area contributed by atoms with Crippen LogP contribution in [0.4, 0.5) is 4.39 Å². The molecule has 1 N–H and O–H groups in total. The molecule has 0 atom stereocenters. The lowest BCUT2D eigenvalue weighted by Gasteiger charge is -2.24. The maximum atomic E-state index is 13.5. The van der Waals surface area contributed by atoms with E-state index in [1.165, 1.54) is 31.4 Å². The normalized spacial score (nSPS) is 14.3. The van der Waals surface area contributed by atoms with Gasteiger partial charge in [-0.25, -0.2) is 9.37 Å². The zero-order valence-electron chi connectivity index (χ0n) is 18.3. The van der Waals surface area contributed by atoms with Crippen molar-refractivity contribution >= 4 is 5.91 Å². The molecule has 5 rings (SSSR count). The molecule has 168 valence electrons. The number of hydrogen-bond donors (Lipinski definition) is 1. The van der Waals surface area contributed by atoms with Crippen LogP contribution in [0.5, 0.6) is 0 Å². The van der Waals surface area contributed by atoms with Crippen LogP contribution >= 0.6 is 0 Å². The smallest absolute Gasteiger partial charge is 0.287 e. The molecule has 1 amide bonds. The Labute approximate surface area is 192 Å². The fraction of sp³-hybridized carbons (Fsp3) is 0.259. The van der Waals surface area contributed by atoms with Crippen molar-refractivity contribution in [2.75, 3.05) is 0 Å². The second kappa shape index (κ2) is 9.45. The van der Waals surface area contributed by atoms with Crippen LogP contribution in [0.25, 0.3) is 22.7 Å². The number of halogens is 1. The molecular formula is C27H26FN3O2. The van der Waals surface area contributed by atoms with E-state index in [-0.39, 0.29) is 17.5 Å². The molecule has 0 aliphatic heterocycles. The predicted octanol–water partition coefficient (Wildman–Crippen LogP) is 6.38. The first-order valence-corrected chi connectivity index (χ1v) is 11.4. The van der Waals surface area contributed by atoms with Gasteiger partial charge in [-0.3, -0.25) is 4.79 Å². The van der Waals surface area contributed by atoms with Crippen molar-refractivity contribution < 1.29 is 13.6 Å². The Morgan fingerprint density at radius 2 is 1.76 bits per heavy atom. The fourth-order valence-corrected chi connectivity index (χ4v) is 4.51. The van der Waals surface area contributed by atoms with E-state index < -0.39 is 0 Å². The molecule has 6 heteroatoms. The first-order chi connectivity index (χ1) is 16.2. The second-order valence-electron chi connectivity index (χ2n) is 8.48. The van der Waals surface area contributed by atoms with Gasteiger partial charge in [0, 0.05) is 18.2 Å². The maximum Gasteiger partial charge on any atom is 0.287 e. The van der Waals surface area contributed by atoms with Crippen molar-refractivity contribution in [3.63, 3.8) is 0 Å². The first-order valence-electron chi connectivity index (χ1n) is 11.4. The highest BCUT2D eigenvalue weighted by Crippen LogP contribution is 2.38. The monoisotopic (exact) mass is 443 g/mol. The summed E-state index contributed by atoms with van der Waals surface area (Å²) in [4.78, 5) is 17.4. The van der Waals surface area contributed by atoms with Gasteiger partial charge in [-0.1, -0.05) is 49.6 Å². The summed E-state index contributed by atoms with van der Waals surface area (Å²) >= 11 is 0. The fourth-order valence-electron chi connectivity index (χ4n) is 4.51. The Morgan fingerprint density at radius 1 is 1.00 bits per heavy atom. The third-order valence-corrected chi connectivity index (χ3v) is 6.24. The molecule has 0 radical (unpaired) electrons. The lowest BCUT2D eigenvalue weighted by molar-refractivity contribution is 0.0924. The summed E-state index contributed by atoms with van der Waals surface area (Å²) in [6.07, 6.45) is 7.62. The van der Waals surface area contributed by atoms with Crippen LogP contribution in [0.15, 0.2) is 77.5 Å². The lowest BCUT2D eigenvalue weighted by Crippen LogP contribution is -2.22. The number of carbonyl (C=O) groups is 1. The second-order valence-corrected chi connectivity index (χ2v) is 8.48. The standard InChI is InChI=1S/C27H26FN3O2/c28-21-13-11-20(12-14-21)25-26(31(18-30-25)22-9-5-2-6-10-22)23-15-16-24(33-23)27(32)29-17-19-7-3-1-4-8-19/h1,3-4,7-8,11-16,18,22H,2,5-6,9-10,17H2,(H,29,32). The lowest BCUT2D eigenvalue weighted by atomic mass is 9.95. The van der Waals surface area contributed by atoms with Gasteiger partial charge in [0.25, 0.3) is 5.91 Å². The van der Waals surface area contributed by atoms with Crippen molar-refractivity contribution in [3.05, 3.63) is 90.2 Å². The quantitative estimate of drug-likeness (QED) is 0.376. The van der Waals surface area contributed by atoms with Crippen LogP contribution in [0, 0.1) is 5.82 Å². The Morgan fingerprint density at radius 3 is 2.52 bits per heavy atom. The number of benzene rings is 2. The van der Waals surface area contributed by atoms with Crippen molar-refractivity contribution in [1.82, 2.24) is 14.9 Å². The topological polar surface area (TPSA) is 60.1 Å². The number of imidazole rings is 1. The number of amides is 1. The van der Waals surface area contributed by atoms with Gasteiger partial charge < -0.3 is 14.3 Å². The molecule has 4 aromatic rings. The van der Waals surface area contributed by atoms with E-state index in [9.17, 15) is 9.18 Å². The average molecular weight is 444 g/mol. The Bertz CT molecular complexity index is 1220. The van der Waals surface area contributed by atoms with Gasteiger partial charge in [-0.05, 0) is 54.8 Å². The zero-order chi connectivity index (χ0) is 22.6. The Kier molecular flexibility index (Phi) is 6.07. The van der Waals surface area contributed by atoms with Crippen LogP contribution in [-0.2, 0) is 6.54 Å². The van der Waals surface area contributed by atoms with Crippen molar-refractivity contribution in [2.45, 2.75) is 44.7 Å². The number of carbonyl (C=O) groups excluding carboxylic acids is 1. The SMILES string of the molecule is O=C(NCc1ccccc1)c1ccc(-c2c(-c3ccc(F)cc3)ncn2C2CCCCC2)o1. The van der Waals surface area contributed by atoms with Crippen LogP contribution in [0.1, 0.15) is 54.3 Å². The summed E-state index contributed by atoms with van der Waals surface area (Å²) in [5.74, 6) is 0.282. The summed E-state index contributed by atoms with van der Waals surface area (Å²) in [6.45, 7) is 0.427. The zero-order valence-corrected chi connectivity index (χ0v) is 18.3. The molecule has 2 aromatic carbocycles. The largest absolute Gasteiger partial charge is 0.449 e. The van der Waals surface area contributed by atoms with Gasteiger partial charge in [-0.15, -0.1) is 0 Å². The summed E-state index contributed by atoms with van der Waals surface area (Å²) in [6, 6.07) is 19.9. The van der Waals surface area contributed by atoms with E-state index in [1.807, 2.05) is 42.7 Å². The minimum Gasteiger partial charge on any atom is -0.449 e. The van der Waals surface area contributed by atoms with E-state index in [2.05, 4.69) is 14.9 Å². The number of nitrogens with one attached hydrogen (secondary N) is 1. The molecule has 1 aliphatic carbocycles. The molecule has 33 heavy (non-hydrogen) atoms. The Hall–Kier alpha value is -3.67. The summed E-state index contributed by atoms with van der Waals surface area (Å²) in [5, 5.41) is 2.91. The van der Waals surface area contributed by atoms with E-state index in [4.69, 9.17) is 4.42 Å². The van der Waals surface area contributed by atoms with Gasteiger partial charge in [0.15, 0.2) is 11.5 Å². The molecule has 1 saturated carbocycles. The molecule has 1 fully saturated rings. The van der Waals surface area contributed by atoms with Crippen LogP contribution in [-0.4, -0.2) is 15.5 Å². The van der Waals surface area contributed by atoms with Gasteiger partial charge in [0.2, 0.25) is 0 Å². The van der Waals surface area contributed by atoms with Crippen molar-refractivity contribution in [2.24, 2.45) is 0 Å². The molecule has 0 unspecified atom stereocenters. The summed E-state index contributed by atoms with van der Waals surface area (Å²) in [5.41, 5.74) is 3.39. The molecule has 0 bridgehead atoms. The van der Waals surface area contributed by atoms with Gasteiger partial charge in [-0.2, -0.15) is 0 Å². The van der Waals surface area contributed by atoms with Crippen LogP contribution in [0.2, 0.25) is 0 Å². The molecule has 2 heterocycles. The highest BCUT2D eigenvalue weighted by Gasteiger charge is 2.25. The molecule has 2 aromatic heterocycles. The molecular weight excluding hydrogens is 417 g/mol. The molecule has 5 nitrogen and oxygen atoms in total. The third-order valence-electron chi connectivity index (χ3n) is 6.24. The maximum absolute atomic E-state index is 13.5. The van der Waals surface area contributed by atoms with Gasteiger partial charge in [0.05, 0.1) is 12.0 Å². The molecule has 0 saturated heterocycles. The summed E-state index contributed by atoms with van der Waals surface area (Å²) in [7, 11) is 0. The minimum atomic E-state index is -0.289. The molecule has 0 spiro atoms. The number of nitrogens with zero attached hydrogens (tertiary/aromatic N) is 2. The van der Waals surface area contributed by atoms with Crippen LogP contribution < -0.4 is 5.32 Å². The van der Waals surface area contributed by atoms with Crippen molar-refractivity contribution in [1.29, 1.82) is 0 Å². The summed E-state index contributed by atoms with van der Waals surface area (Å²) < 4.78 is 21.7. The Balaban J connectivity index is 1.46. The predicted molar refractivity (Wildman–Crippen MR) is 125 cm³/mol. The van der Waals surface area contributed by atoms with Gasteiger partial charge in [0.1, 0.15) is 11.5 Å². The van der Waals surface area contributed by atoms with Gasteiger partial charge >= 0.3 is 0 Å². The average Bonchev–Trinajstić information content (AvgIpc) is 3.52. The van der Waals surface area contributed by atoms with E-state index in [1.54, 1.807) is 18.2 Å². The minimum absolute atomic E-state index is 0.252. The number of aromatic nitrogens is 2. The van der Waals surface area contributed by atoms with E-state index in [0.717, 1.165) is 35.4 Å². The van der Waals surface area contributed by atoms with E-state index >= 15 is 0 Å². The number of furan rings is 1. The van der Waals surface area contributed by atoms with Crippen LogP contribution in [0.3, 0.4) is 0 Å².